The van der Waals surface area contributed by atoms with Gasteiger partial charge in [-0.1, -0.05) is 19.1 Å². The second kappa shape index (κ2) is 13.3. The summed E-state index contributed by atoms with van der Waals surface area (Å²) in [5.41, 5.74) is 1.74. The Kier molecular flexibility index (Phi) is 11.3. The SMILES string of the molecule is CCCOCCC(=O)Nc1ccc(COCCOCC(=O)NC)cc1. The van der Waals surface area contributed by atoms with Crippen molar-refractivity contribution in [2.45, 2.75) is 26.4 Å². The van der Waals surface area contributed by atoms with E-state index in [1.54, 1.807) is 7.05 Å². The Hall–Kier alpha value is -1.96. The highest BCUT2D eigenvalue weighted by Gasteiger charge is 2.03. The van der Waals surface area contributed by atoms with Crippen LogP contribution >= 0.6 is 0 Å². The van der Waals surface area contributed by atoms with Gasteiger partial charge in [0.2, 0.25) is 11.8 Å². The maximum Gasteiger partial charge on any atom is 0.245 e. The van der Waals surface area contributed by atoms with E-state index in [0.717, 1.165) is 17.7 Å². The summed E-state index contributed by atoms with van der Waals surface area (Å²) in [6.45, 7) is 4.41. The molecule has 0 atom stereocenters. The summed E-state index contributed by atoms with van der Waals surface area (Å²) in [5.74, 6) is -0.220. The van der Waals surface area contributed by atoms with E-state index in [1.807, 2.05) is 31.2 Å². The molecule has 25 heavy (non-hydrogen) atoms. The number of hydrogen-bond acceptors (Lipinski definition) is 5. The van der Waals surface area contributed by atoms with Crippen LogP contribution in [-0.2, 0) is 30.4 Å². The molecule has 140 valence electrons. The lowest BCUT2D eigenvalue weighted by atomic mass is 10.2. The van der Waals surface area contributed by atoms with E-state index in [-0.39, 0.29) is 18.4 Å². The summed E-state index contributed by atoms with van der Waals surface area (Å²) in [6.07, 6.45) is 1.30. The van der Waals surface area contributed by atoms with Gasteiger partial charge in [0, 0.05) is 19.3 Å². The summed E-state index contributed by atoms with van der Waals surface area (Å²) < 4.78 is 15.9. The minimum Gasteiger partial charge on any atom is -0.381 e. The molecule has 0 saturated carbocycles. The molecule has 0 aliphatic carbocycles. The minimum absolute atomic E-state index is 0.0394. The van der Waals surface area contributed by atoms with E-state index in [0.29, 0.717) is 39.5 Å². The molecule has 0 unspecified atom stereocenters. The fourth-order valence-electron chi connectivity index (χ4n) is 1.86. The third kappa shape index (κ3) is 10.5. The molecule has 2 amide bonds. The number of carbonyl (C=O) groups is 2. The summed E-state index contributed by atoms with van der Waals surface area (Å²) in [6, 6.07) is 7.47. The van der Waals surface area contributed by atoms with Crippen molar-refractivity contribution in [2.75, 3.05) is 45.4 Å². The van der Waals surface area contributed by atoms with E-state index < -0.39 is 0 Å². The van der Waals surface area contributed by atoms with Crippen molar-refractivity contribution in [1.29, 1.82) is 0 Å². The lowest BCUT2D eigenvalue weighted by Gasteiger charge is -2.08. The van der Waals surface area contributed by atoms with Crippen LogP contribution in [0.25, 0.3) is 0 Å². The highest BCUT2D eigenvalue weighted by atomic mass is 16.5. The lowest BCUT2D eigenvalue weighted by molar-refractivity contribution is -0.125. The van der Waals surface area contributed by atoms with Gasteiger partial charge in [-0.15, -0.1) is 0 Å². The van der Waals surface area contributed by atoms with Crippen molar-refractivity contribution in [3.8, 4) is 0 Å². The molecule has 0 heterocycles. The molecule has 0 aliphatic rings. The second-order valence-corrected chi connectivity index (χ2v) is 5.39. The summed E-state index contributed by atoms with van der Waals surface area (Å²) in [4.78, 5) is 22.7. The summed E-state index contributed by atoms with van der Waals surface area (Å²) in [5, 5.41) is 5.30. The van der Waals surface area contributed by atoms with Gasteiger partial charge < -0.3 is 24.8 Å². The first-order valence-electron chi connectivity index (χ1n) is 8.48. The largest absolute Gasteiger partial charge is 0.381 e. The number of benzene rings is 1. The Balaban J connectivity index is 2.16. The molecule has 0 radical (unpaired) electrons. The molecule has 7 heteroatoms. The maximum atomic E-state index is 11.7. The quantitative estimate of drug-likeness (QED) is 0.528. The number of anilines is 1. The lowest BCUT2D eigenvalue weighted by Crippen LogP contribution is -2.24. The molecule has 1 aromatic carbocycles. The van der Waals surface area contributed by atoms with Gasteiger partial charge in [0.05, 0.1) is 32.8 Å². The van der Waals surface area contributed by atoms with Crippen molar-refractivity contribution in [2.24, 2.45) is 0 Å². The standard InChI is InChI=1S/C18H28N2O5/c1-3-9-23-10-8-17(21)20-16-6-4-15(5-7-16)13-24-11-12-25-14-18(22)19-2/h4-7H,3,8-14H2,1-2H3,(H,19,22)(H,20,21). The van der Waals surface area contributed by atoms with E-state index in [1.165, 1.54) is 0 Å². The zero-order valence-electron chi connectivity index (χ0n) is 15.0. The van der Waals surface area contributed by atoms with Crippen LogP contribution in [0.2, 0.25) is 0 Å². The van der Waals surface area contributed by atoms with Crippen LogP contribution in [0.15, 0.2) is 24.3 Å². The average Bonchev–Trinajstić information content (AvgIpc) is 2.62. The van der Waals surface area contributed by atoms with Gasteiger partial charge in [0.1, 0.15) is 6.61 Å². The van der Waals surface area contributed by atoms with Gasteiger partial charge in [0.15, 0.2) is 0 Å². The predicted molar refractivity (Wildman–Crippen MR) is 95.3 cm³/mol. The maximum absolute atomic E-state index is 11.7. The van der Waals surface area contributed by atoms with Crippen LogP contribution < -0.4 is 10.6 Å². The van der Waals surface area contributed by atoms with E-state index in [2.05, 4.69) is 10.6 Å². The molecule has 1 aromatic rings. The molecule has 0 aliphatic heterocycles. The molecular formula is C18H28N2O5. The van der Waals surface area contributed by atoms with Crippen LogP contribution in [0.3, 0.4) is 0 Å². The highest BCUT2D eigenvalue weighted by Crippen LogP contribution is 2.10. The van der Waals surface area contributed by atoms with Crippen LogP contribution in [0.4, 0.5) is 5.69 Å². The van der Waals surface area contributed by atoms with Crippen molar-refractivity contribution in [3.05, 3.63) is 29.8 Å². The molecule has 1 rings (SSSR count). The normalized spacial score (nSPS) is 10.5. The van der Waals surface area contributed by atoms with Crippen LogP contribution in [0.1, 0.15) is 25.3 Å². The number of rotatable bonds is 13. The highest BCUT2D eigenvalue weighted by molar-refractivity contribution is 5.90. The molecule has 0 aromatic heterocycles. The number of hydrogen-bond donors (Lipinski definition) is 2. The number of likely N-dealkylation sites (N-methyl/N-ethyl adjacent to an activating group) is 1. The fourth-order valence-corrected chi connectivity index (χ4v) is 1.86. The third-order valence-corrected chi connectivity index (χ3v) is 3.21. The Labute approximate surface area is 149 Å². The number of nitrogens with one attached hydrogen (secondary N) is 2. The second-order valence-electron chi connectivity index (χ2n) is 5.39. The first-order valence-corrected chi connectivity index (χ1v) is 8.48. The smallest absolute Gasteiger partial charge is 0.245 e. The molecule has 0 saturated heterocycles. The molecule has 0 fully saturated rings. The van der Waals surface area contributed by atoms with Gasteiger partial charge in [-0.25, -0.2) is 0 Å². The molecular weight excluding hydrogens is 324 g/mol. The van der Waals surface area contributed by atoms with Gasteiger partial charge in [-0.05, 0) is 24.1 Å². The minimum atomic E-state index is -0.158. The van der Waals surface area contributed by atoms with Crippen LogP contribution in [-0.4, -0.2) is 51.9 Å². The average molecular weight is 352 g/mol. The Bertz CT molecular complexity index is 505. The molecule has 0 bridgehead atoms. The number of ether oxygens (including phenoxy) is 3. The molecule has 7 nitrogen and oxygen atoms in total. The van der Waals surface area contributed by atoms with E-state index in [4.69, 9.17) is 14.2 Å². The molecule has 0 spiro atoms. The van der Waals surface area contributed by atoms with Crippen molar-refractivity contribution in [1.82, 2.24) is 5.32 Å². The Morgan fingerprint density at radius 1 is 0.920 bits per heavy atom. The zero-order chi connectivity index (χ0) is 18.3. The monoisotopic (exact) mass is 352 g/mol. The predicted octanol–water partition coefficient (Wildman–Crippen LogP) is 1.72. The van der Waals surface area contributed by atoms with Gasteiger partial charge in [0.25, 0.3) is 0 Å². The Morgan fingerprint density at radius 3 is 2.32 bits per heavy atom. The van der Waals surface area contributed by atoms with Gasteiger partial charge in [-0.2, -0.15) is 0 Å². The first kappa shape index (κ1) is 21.1. The van der Waals surface area contributed by atoms with Gasteiger partial charge >= 0.3 is 0 Å². The molecule has 2 N–H and O–H groups in total. The summed E-state index contributed by atoms with van der Waals surface area (Å²) >= 11 is 0. The zero-order valence-corrected chi connectivity index (χ0v) is 15.0. The number of amides is 2. The third-order valence-electron chi connectivity index (χ3n) is 3.21. The number of carbonyl (C=O) groups excluding carboxylic acids is 2. The van der Waals surface area contributed by atoms with E-state index >= 15 is 0 Å². The summed E-state index contributed by atoms with van der Waals surface area (Å²) in [7, 11) is 1.56. The Morgan fingerprint density at radius 2 is 1.64 bits per heavy atom. The van der Waals surface area contributed by atoms with Crippen molar-refractivity contribution < 1.29 is 23.8 Å². The van der Waals surface area contributed by atoms with E-state index in [9.17, 15) is 9.59 Å². The van der Waals surface area contributed by atoms with Crippen molar-refractivity contribution >= 4 is 17.5 Å². The topological polar surface area (TPSA) is 85.9 Å². The first-order chi connectivity index (χ1) is 12.2. The van der Waals surface area contributed by atoms with Gasteiger partial charge in [-0.3, -0.25) is 9.59 Å². The fraction of sp³-hybridized carbons (Fsp3) is 0.556. The van der Waals surface area contributed by atoms with Crippen molar-refractivity contribution in [3.63, 3.8) is 0 Å². The van der Waals surface area contributed by atoms with Crippen LogP contribution in [0.5, 0.6) is 0 Å². The van der Waals surface area contributed by atoms with Crippen LogP contribution in [0, 0.1) is 0 Å².